The van der Waals surface area contributed by atoms with Crippen molar-refractivity contribution in [2.24, 2.45) is 0 Å². The minimum absolute atomic E-state index is 0.0479. The summed E-state index contributed by atoms with van der Waals surface area (Å²) in [5.74, 6) is 0. The second kappa shape index (κ2) is 4.24. The molecular weight excluding hydrogens is 152 g/mol. The molecule has 1 rings (SSSR count). The van der Waals surface area contributed by atoms with E-state index >= 15 is 0 Å². The van der Waals surface area contributed by atoms with Crippen molar-refractivity contribution < 1.29 is 9.84 Å². The Hall–Kier alpha value is -0.0800. The van der Waals surface area contributed by atoms with E-state index in [-0.39, 0.29) is 11.7 Å². The predicted molar refractivity (Wildman–Crippen MR) is 49.1 cm³/mol. The Morgan fingerprint density at radius 2 is 2.33 bits per heavy atom. The lowest BCUT2D eigenvalue weighted by atomic mass is 9.89. The number of unbranched alkanes of at least 4 members (excludes halogenated alkanes) is 1. The first kappa shape index (κ1) is 10.0. The SMILES string of the molecule is CCCCC1(C)CC(O)CCO1. The van der Waals surface area contributed by atoms with E-state index in [0.717, 1.165) is 25.9 Å². The molecule has 2 unspecified atom stereocenters. The fraction of sp³-hybridized carbons (Fsp3) is 1.00. The van der Waals surface area contributed by atoms with Crippen molar-refractivity contribution in [3.05, 3.63) is 0 Å². The lowest BCUT2D eigenvalue weighted by Crippen LogP contribution is -2.39. The van der Waals surface area contributed by atoms with Crippen molar-refractivity contribution in [3.8, 4) is 0 Å². The number of hydrogen-bond donors (Lipinski definition) is 1. The molecule has 1 aliphatic rings. The van der Waals surface area contributed by atoms with E-state index in [2.05, 4.69) is 13.8 Å². The Bertz CT molecular complexity index is 136. The second-order valence-electron chi connectivity index (χ2n) is 4.05. The molecule has 12 heavy (non-hydrogen) atoms. The highest BCUT2D eigenvalue weighted by Crippen LogP contribution is 2.29. The molecule has 72 valence electrons. The molecule has 1 N–H and O–H groups in total. The van der Waals surface area contributed by atoms with Gasteiger partial charge in [-0.1, -0.05) is 19.8 Å². The first-order valence-electron chi connectivity index (χ1n) is 4.98. The Labute approximate surface area is 74.9 Å². The normalized spacial score (nSPS) is 36.8. The van der Waals surface area contributed by atoms with Crippen LogP contribution in [0.3, 0.4) is 0 Å². The lowest BCUT2D eigenvalue weighted by molar-refractivity contribution is -0.112. The average molecular weight is 172 g/mol. The number of rotatable bonds is 3. The van der Waals surface area contributed by atoms with E-state index in [1.807, 2.05) is 0 Å². The third kappa shape index (κ3) is 2.76. The average Bonchev–Trinajstić information content (AvgIpc) is 2.01. The number of ether oxygens (including phenoxy) is 1. The molecule has 1 saturated heterocycles. The maximum atomic E-state index is 9.46. The fourth-order valence-corrected chi connectivity index (χ4v) is 1.83. The number of aliphatic hydroxyl groups is 1. The van der Waals surface area contributed by atoms with Crippen LogP contribution in [0.1, 0.15) is 46.0 Å². The summed E-state index contributed by atoms with van der Waals surface area (Å²) in [5, 5.41) is 9.46. The summed E-state index contributed by atoms with van der Waals surface area (Å²) in [4.78, 5) is 0. The summed E-state index contributed by atoms with van der Waals surface area (Å²) in [7, 11) is 0. The Balaban J connectivity index is 2.35. The van der Waals surface area contributed by atoms with Crippen molar-refractivity contribution in [2.75, 3.05) is 6.61 Å². The first-order valence-corrected chi connectivity index (χ1v) is 4.98. The zero-order valence-electron chi connectivity index (χ0n) is 8.18. The van der Waals surface area contributed by atoms with Crippen LogP contribution < -0.4 is 0 Å². The minimum Gasteiger partial charge on any atom is -0.393 e. The molecule has 0 aromatic heterocycles. The molecule has 0 aliphatic carbocycles. The van der Waals surface area contributed by atoms with Gasteiger partial charge in [0.15, 0.2) is 0 Å². The molecule has 0 spiro atoms. The largest absolute Gasteiger partial charge is 0.393 e. The maximum Gasteiger partial charge on any atom is 0.0679 e. The molecule has 1 fully saturated rings. The van der Waals surface area contributed by atoms with Crippen molar-refractivity contribution in [1.82, 2.24) is 0 Å². The summed E-state index contributed by atoms with van der Waals surface area (Å²) in [6.45, 7) is 5.02. The second-order valence-corrected chi connectivity index (χ2v) is 4.05. The van der Waals surface area contributed by atoms with Crippen molar-refractivity contribution in [2.45, 2.75) is 57.7 Å². The van der Waals surface area contributed by atoms with Gasteiger partial charge in [0.2, 0.25) is 0 Å². The lowest BCUT2D eigenvalue weighted by Gasteiger charge is -2.36. The highest BCUT2D eigenvalue weighted by Gasteiger charge is 2.31. The number of hydrogen-bond acceptors (Lipinski definition) is 2. The van der Waals surface area contributed by atoms with Gasteiger partial charge in [0.1, 0.15) is 0 Å². The van der Waals surface area contributed by atoms with E-state index in [4.69, 9.17) is 4.74 Å². The molecule has 0 amide bonds. The van der Waals surface area contributed by atoms with Gasteiger partial charge in [0.05, 0.1) is 11.7 Å². The Morgan fingerprint density at radius 1 is 1.58 bits per heavy atom. The van der Waals surface area contributed by atoms with Crippen LogP contribution >= 0.6 is 0 Å². The zero-order chi connectivity index (χ0) is 9.03. The summed E-state index contributed by atoms with van der Waals surface area (Å²) in [6.07, 6.45) is 4.97. The molecule has 1 heterocycles. The maximum absolute atomic E-state index is 9.46. The standard InChI is InChI=1S/C10H20O2/c1-3-4-6-10(2)8-9(11)5-7-12-10/h9,11H,3-8H2,1-2H3. The van der Waals surface area contributed by atoms with E-state index in [9.17, 15) is 5.11 Å². The van der Waals surface area contributed by atoms with E-state index in [1.165, 1.54) is 12.8 Å². The van der Waals surface area contributed by atoms with Gasteiger partial charge in [-0.2, -0.15) is 0 Å². The monoisotopic (exact) mass is 172 g/mol. The van der Waals surface area contributed by atoms with Crippen LogP contribution in [0.25, 0.3) is 0 Å². The van der Waals surface area contributed by atoms with Gasteiger partial charge in [-0.15, -0.1) is 0 Å². The molecular formula is C10H20O2. The highest BCUT2D eigenvalue weighted by molar-refractivity contribution is 4.82. The third-order valence-electron chi connectivity index (χ3n) is 2.63. The van der Waals surface area contributed by atoms with Crippen LogP contribution in [0.15, 0.2) is 0 Å². The van der Waals surface area contributed by atoms with E-state index < -0.39 is 0 Å². The number of aliphatic hydroxyl groups excluding tert-OH is 1. The van der Waals surface area contributed by atoms with Gasteiger partial charge in [0.25, 0.3) is 0 Å². The zero-order valence-corrected chi connectivity index (χ0v) is 8.18. The third-order valence-corrected chi connectivity index (χ3v) is 2.63. The molecule has 0 aromatic rings. The summed E-state index contributed by atoms with van der Waals surface area (Å²) in [5.41, 5.74) is -0.0479. The van der Waals surface area contributed by atoms with Crippen LogP contribution in [0.4, 0.5) is 0 Å². The van der Waals surface area contributed by atoms with Gasteiger partial charge < -0.3 is 9.84 Å². The Kier molecular flexibility index (Phi) is 3.53. The quantitative estimate of drug-likeness (QED) is 0.706. The molecule has 0 bridgehead atoms. The molecule has 0 aromatic carbocycles. The summed E-state index contributed by atoms with van der Waals surface area (Å²) in [6, 6.07) is 0. The molecule has 0 radical (unpaired) electrons. The summed E-state index contributed by atoms with van der Waals surface area (Å²) < 4.78 is 5.68. The van der Waals surface area contributed by atoms with Crippen LogP contribution in [0.2, 0.25) is 0 Å². The van der Waals surface area contributed by atoms with Gasteiger partial charge >= 0.3 is 0 Å². The predicted octanol–water partition coefficient (Wildman–Crippen LogP) is 2.11. The van der Waals surface area contributed by atoms with Crippen molar-refractivity contribution in [3.63, 3.8) is 0 Å². The van der Waals surface area contributed by atoms with Crippen molar-refractivity contribution >= 4 is 0 Å². The van der Waals surface area contributed by atoms with Gasteiger partial charge in [0, 0.05) is 13.0 Å². The summed E-state index contributed by atoms with van der Waals surface area (Å²) >= 11 is 0. The molecule has 2 atom stereocenters. The molecule has 2 heteroatoms. The topological polar surface area (TPSA) is 29.5 Å². The van der Waals surface area contributed by atoms with Gasteiger partial charge in [-0.3, -0.25) is 0 Å². The Morgan fingerprint density at radius 3 is 2.92 bits per heavy atom. The molecule has 2 nitrogen and oxygen atoms in total. The van der Waals surface area contributed by atoms with E-state index in [1.54, 1.807) is 0 Å². The van der Waals surface area contributed by atoms with Gasteiger partial charge in [-0.05, 0) is 19.8 Å². The van der Waals surface area contributed by atoms with Crippen molar-refractivity contribution in [1.29, 1.82) is 0 Å². The minimum atomic E-state index is -0.138. The van der Waals surface area contributed by atoms with Crippen LogP contribution in [-0.4, -0.2) is 23.4 Å². The first-order chi connectivity index (χ1) is 5.66. The van der Waals surface area contributed by atoms with Crippen LogP contribution in [0.5, 0.6) is 0 Å². The van der Waals surface area contributed by atoms with Gasteiger partial charge in [-0.25, -0.2) is 0 Å². The fourth-order valence-electron chi connectivity index (χ4n) is 1.83. The van der Waals surface area contributed by atoms with Crippen LogP contribution in [0, 0.1) is 0 Å². The molecule has 1 aliphatic heterocycles. The van der Waals surface area contributed by atoms with Crippen LogP contribution in [-0.2, 0) is 4.74 Å². The smallest absolute Gasteiger partial charge is 0.0679 e. The van der Waals surface area contributed by atoms with E-state index in [0.29, 0.717) is 0 Å². The highest BCUT2D eigenvalue weighted by atomic mass is 16.5. The molecule has 0 saturated carbocycles.